The number of rotatable bonds is 4. The normalized spacial score (nSPS) is 15.6. The first-order valence-corrected chi connectivity index (χ1v) is 6.71. The van der Waals surface area contributed by atoms with Crippen molar-refractivity contribution in [3.63, 3.8) is 0 Å². The summed E-state index contributed by atoms with van der Waals surface area (Å²) in [7, 11) is 0. The zero-order valence-corrected chi connectivity index (χ0v) is 13.5. The smallest absolute Gasteiger partial charge is 0.0485 e. The van der Waals surface area contributed by atoms with Crippen molar-refractivity contribution in [2.75, 3.05) is 0 Å². The lowest BCUT2D eigenvalue weighted by Gasteiger charge is -2.17. The van der Waals surface area contributed by atoms with E-state index in [9.17, 15) is 0 Å². The number of hydrogen-bond acceptors (Lipinski definition) is 2. The van der Waals surface area contributed by atoms with Gasteiger partial charge >= 0.3 is 0 Å². The van der Waals surface area contributed by atoms with Crippen molar-refractivity contribution in [2.45, 2.75) is 68.2 Å². The van der Waals surface area contributed by atoms with Crippen LogP contribution in [-0.4, -0.2) is 0 Å². The summed E-state index contributed by atoms with van der Waals surface area (Å²) in [6.07, 6.45) is 5.84. The average molecular weight is 250 g/mol. The van der Waals surface area contributed by atoms with E-state index in [-0.39, 0.29) is 0 Å². The quantitative estimate of drug-likeness (QED) is 0.537. The molecule has 0 fully saturated rings. The molecule has 0 aromatic rings. The Balaban J connectivity index is 4.33. The Morgan fingerprint density at radius 1 is 0.722 bits per heavy atom. The van der Waals surface area contributed by atoms with Crippen molar-refractivity contribution in [1.29, 1.82) is 0 Å². The lowest BCUT2D eigenvalue weighted by atomic mass is 9.89. The molecule has 0 bridgehead atoms. The molecular formula is C16H30N2. The van der Waals surface area contributed by atoms with E-state index in [1.165, 1.54) is 11.1 Å². The molecule has 0 amide bonds. The largest absolute Gasteiger partial charge is 0.159 e. The van der Waals surface area contributed by atoms with Gasteiger partial charge < -0.3 is 0 Å². The van der Waals surface area contributed by atoms with Crippen molar-refractivity contribution >= 4 is 0 Å². The van der Waals surface area contributed by atoms with Crippen LogP contribution in [0.4, 0.5) is 0 Å². The van der Waals surface area contributed by atoms with Crippen LogP contribution in [0.15, 0.2) is 33.8 Å². The van der Waals surface area contributed by atoms with E-state index in [4.69, 9.17) is 0 Å². The molecule has 0 aromatic heterocycles. The highest BCUT2D eigenvalue weighted by Crippen LogP contribution is 2.24. The number of hydrogen-bond donors (Lipinski definition) is 0. The first-order valence-electron chi connectivity index (χ1n) is 6.71. The van der Waals surface area contributed by atoms with Gasteiger partial charge in [0.15, 0.2) is 0 Å². The minimum absolute atomic E-state index is 0.314. The molecule has 0 aliphatic carbocycles. The van der Waals surface area contributed by atoms with E-state index in [1.54, 1.807) is 0 Å². The summed E-state index contributed by atoms with van der Waals surface area (Å²) >= 11 is 0. The molecule has 0 aliphatic heterocycles. The van der Waals surface area contributed by atoms with E-state index in [0.29, 0.717) is 10.8 Å². The predicted octanol–water partition coefficient (Wildman–Crippen LogP) is 6.12. The molecule has 0 rings (SSSR count). The minimum atomic E-state index is 0.314. The van der Waals surface area contributed by atoms with Gasteiger partial charge in [0.2, 0.25) is 0 Å². The van der Waals surface area contributed by atoms with Gasteiger partial charge in [0.1, 0.15) is 0 Å². The van der Waals surface area contributed by atoms with Crippen LogP contribution in [0.5, 0.6) is 0 Å². The van der Waals surface area contributed by atoms with E-state index < -0.39 is 0 Å². The highest BCUT2D eigenvalue weighted by Gasteiger charge is 2.10. The van der Waals surface area contributed by atoms with Crippen molar-refractivity contribution in [3.05, 3.63) is 23.5 Å². The molecule has 0 heterocycles. The lowest BCUT2D eigenvalue weighted by Crippen LogP contribution is -2.04. The topological polar surface area (TPSA) is 24.7 Å². The summed E-state index contributed by atoms with van der Waals surface area (Å²) in [5.74, 6) is 0. The Labute approximate surface area is 113 Å². The van der Waals surface area contributed by atoms with Gasteiger partial charge in [0.25, 0.3) is 0 Å². The van der Waals surface area contributed by atoms with Crippen LogP contribution in [0.3, 0.4) is 0 Å². The molecule has 0 spiro atoms. The van der Waals surface area contributed by atoms with Crippen molar-refractivity contribution < 1.29 is 0 Å². The third-order valence-corrected chi connectivity index (χ3v) is 2.24. The lowest BCUT2D eigenvalue weighted by molar-refractivity contribution is 0.408. The van der Waals surface area contributed by atoms with E-state index in [2.05, 4.69) is 65.6 Å². The van der Waals surface area contributed by atoms with Crippen LogP contribution in [0.25, 0.3) is 0 Å². The maximum absolute atomic E-state index is 4.11. The maximum Gasteiger partial charge on any atom is 0.0485 e. The Kier molecular flexibility index (Phi) is 6.51. The van der Waals surface area contributed by atoms with Crippen molar-refractivity contribution in [2.24, 2.45) is 21.1 Å². The zero-order chi connectivity index (χ0) is 14.4. The molecule has 0 saturated heterocycles. The Hall–Kier alpha value is -0.920. The summed E-state index contributed by atoms with van der Waals surface area (Å²) < 4.78 is 0. The van der Waals surface area contributed by atoms with Crippen LogP contribution in [-0.2, 0) is 0 Å². The van der Waals surface area contributed by atoms with Crippen LogP contribution in [0, 0.1) is 10.8 Å². The summed E-state index contributed by atoms with van der Waals surface area (Å²) in [6, 6.07) is 0. The van der Waals surface area contributed by atoms with Crippen LogP contribution >= 0.6 is 0 Å². The van der Waals surface area contributed by atoms with E-state index in [1.807, 2.05) is 12.4 Å². The zero-order valence-electron chi connectivity index (χ0n) is 13.5. The number of azo groups is 1. The second-order valence-electron chi connectivity index (χ2n) is 7.66. The SMILES string of the molecule is CC(=CN=NC=C(C)CC(C)(C)C)CC(C)(C)C. The van der Waals surface area contributed by atoms with Gasteiger partial charge in [-0.3, -0.25) is 0 Å². The molecule has 0 N–H and O–H groups in total. The van der Waals surface area contributed by atoms with Gasteiger partial charge in [-0.25, -0.2) is 0 Å². The summed E-state index contributed by atoms with van der Waals surface area (Å²) in [6.45, 7) is 17.6. The fourth-order valence-corrected chi connectivity index (χ4v) is 2.03. The first-order chi connectivity index (χ1) is 7.99. The summed E-state index contributed by atoms with van der Waals surface area (Å²) in [4.78, 5) is 0. The van der Waals surface area contributed by atoms with Crippen LogP contribution < -0.4 is 0 Å². The van der Waals surface area contributed by atoms with E-state index >= 15 is 0 Å². The third kappa shape index (κ3) is 11.6. The second-order valence-corrected chi connectivity index (χ2v) is 7.66. The maximum atomic E-state index is 4.11. The molecule has 18 heavy (non-hydrogen) atoms. The van der Waals surface area contributed by atoms with Gasteiger partial charge in [0, 0.05) is 12.4 Å². The van der Waals surface area contributed by atoms with Crippen LogP contribution in [0.1, 0.15) is 68.2 Å². The predicted molar refractivity (Wildman–Crippen MR) is 80.5 cm³/mol. The van der Waals surface area contributed by atoms with Gasteiger partial charge in [0.05, 0.1) is 0 Å². The third-order valence-electron chi connectivity index (χ3n) is 2.24. The Bertz CT molecular complexity index is 299. The molecule has 0 aliphatic rings. The number of allylic oxidation sites excluding steroid dienone is 2. The molecule has 2 nitrogen and oxygen atoms in total. The number of nitrogens with zero attached hydrogens (tertiary/aromatic N) is 2. The molecule has 0 saturated carbocycles. The Morgan fingerprint density at radius 2 is 1.00 bits per heavy atom. The highest BCUT2D eigenvalue weighted by atomic mass is 15.1. The van der Waals surface area contributed by atoms with Crippen molar-refractivity contribution in [1.82, 2.24) is 0 Å². The Morgan fingerprint density at radius 3 is 1.22 bits per heavy atom. The van der Waals surface area contributed by atoms with Gasteiger partial charge in [-0.1, -0.05) is 52.7 Å². The van der Waals surface area contributed by atoms with Gasteiger partial charge in [-0.15, -0.1) is 0 Å². The summed E-state index contributed by atoms with van der Waals surface area (Å²) in [5.41, 5.74) is 3.17. The van der Waals surface area contributed by atoms with E-state index in [0.717, 1.165) is 12.8 Å². The highest BCUT2D eigenvalue weighted by molar-refractivity contribution is 5.01. The molecular weight excluding hydrogens is 220 g/mol. The van der Waals surface area contributed by atoms with Crippen molar-refractivity contribution in [3.8, 4) is 0 Å². The fraction of sp³-hybridized carbons (Fsp3) is 0.750. The average Bonchev–Trinajstić information content (AvgIpc) is 2.06. The standard InChI is InChI=1S/C16H30N2/c1-13(9-15(3,4)5)11-17-18-12-14(2)10-16(6,7)8/h11-12H,9-10H2,1-8H3. The molecule has 2 heteroatoms. The molecule has 0 aromatic carbocycles. The monoisotopic (exact) mass is 250 g/mol. The first kappa shape index (κ1) is 17.1. The summed E-state index contributed by atoms with van der Waals surface area (Å²) in [5, 5.41) is 8.22. The minimum Gasteiger partial charge on any atom is -0.159 e. The van der Waals surface area contributed by atoms with Gasteiger partial charge in [-0.2, -0.15) is 10.2 Å². The molecule has 0 radical (unpaired) electrons. The second kappa shape index (κ2) is 6.86. The van der Waals surface area contributed by atoms with Gasteiger partial charge in [-0.05, 0) is 37.5 Å². The van der Waals surface area contributed by atoms with Crippen LogP contribution in [0.2, 0.25) is 0 Å². The molecule has 104 valence electrons. The fourth-order valence-electron chi connectivity index (χ4n) is 2.03. The molecule has 0 unspecified atom stereocenters. The molecule has 0 atom stereocenters.